The highest BCUT2D eigenvalue weighted by Gasteiger charge is 2.57. The lowest BCUT2D eigenvalue weighted by Gasteiger charge is -2.47. The van der Waals surface area contributed by atoms with Crippen LogP contribution in [0.3, 0.4) is 0 Å². The molecule has 5 aliphatic rings. The number of rotatable bonds is 10. The molecule has 0 saturated heterocycles. The van der Waals surface area contributed by atoms with Crippen LogP contribution < -0.4 is 55.3 Å². The number of allylic oxidation sites excluding steroid dienone is 1. The molecule has 5 heterocycles. The van der Waals surface area contributed by atoms with Crippen LogP contribution in [0.2, 0.25) is 0 Å². The highest BCUT2D eigenvalue weighted by Crippen LogP contribution is 2.60. The van der Waals surface area contributed by atoms with Gasteiger partial charge in [0.05, 0.1) is 22.7 Å². The summed E-state index contributed by atoms with van der Waals surface area (Å²) in [5.74, 6) is 0. The molecule has 0 N–H and O–H groups in total. The average Bonchev–Trinajstić information content (AvgIpc) is 1.42. The van der Waals surface area contributed by atoms with E-state index in [9.17, 15) is 0 Å². The summed E-state index contributed by atoms with van der Waals surface area (Å²) in [6.45, 7) is 4.67. The fraction of sp³-hybridized carbons (Fsp3) is 0.0370. The number of thiophene rings is 1. The van der Waals surface area contributed by atoms with Gasteiger partial charge in [-0.25, -0.2) is 0 Å². The summed E-state index contributed by atoms with van der Waals surface area (Å²) in [6, 6.07) is 117. The van der Waals surface area contributed by atoms with Gasteiger partial charge >= 0.3 is 0 Å². The first-order chi connectivity index (χ1) is 44.5. The van der Waals surface area contributed by atoms with E-state index in [-0.39, 0.29) is 18.8 Å². The Morgan fingerprint density at radius 1 is 0.311 bits per heavy atom. The van der Waals surface area contributed by atoms with E-state index in [1.165, 1.54) is 71.0 Å². The molecule has 9 heteroatoms. The molecule has 0 unspecified atom stereocenters. The Kier molecular flexibility index (Phi) is 11.9. The maximum Gasteiger partial charge on any atom is 0.264 e. The van der Waals surface area contributed by atoms with E-state index in [2.05, 4.69) is 359 Å². The lowest BCUT2D eigenvalue weighted by molar-refractivity contribution is 0.666. The Morgan fingerprint density at radius 3 is 1.10 bits per heavy atom. The quantitative estimate of drug-likeness (QED) is 0.126. The largest absolute Gasteiger partial charge is 0.311 e. The first kappa shape index (κ1) is 52.2. The van der Waals surface area contributed by atoms with E-state index in [1.54, 1.807) is 0 Å². The Labute approximate surface area is 530 Å². The first-order valence-electron chi connectivity index (χ1n) is 31.2. The summed E-state index contributed by atoms with van der Waals surface area (Å²) < 4.78 is 2.66. The molecule has 1 aliphatic carbocycles. The van der Waals surface area contributed by atoms with Crippen molar-refractivity contribution in [3.8, 4) is 0 Å². The third kappa shape index (κ3) is 7.79. The third-order valence-corrected chi connectivity index (χ3v) is 20.4. The monoisotopic (exact) mass is 1170 g/mol. The zero-order valence-electron chi connectivity index (χ0n) is 49.8. The number of hydrogen-bond acceptors (Lipinski definition) is 7. The Hall–Kier alpha value is -11.0. The van der Waals surface area contributed by atoms with Crippen LogP contribution in [0.4, 0.5) is 96.7 Å². The zero-order chi connectivity index (χ0) is 59.6. The smallest absolute Gasteiger partial charge is 0.264 e. The van der Waals surface area contributed by atoms with Crippen LogP contribution in [0, 0.1) is 0 Å². The normalized spacial score (nSPS) is 14.2. The molecule has 0 bridgehead atoms. The molecule has 6 nitrogen and oxygen atoms in total. The number of anilines is 17. The molecule has 0 atom stereocenters. The lowest BCUT2D eigenvalue weighted by Crippen LogP contribution is -2.60. The summed E-state index contributed by atoms with van der Waals surface area (Å²) in [4.78, 5) is 15.4. The van der Waals surface area contributed by atoms with Crippen LogP contribution in [-0.2, 0) is 5.41 Å². The highest BCUT2D eigenvalue weighted by atomic mass is 32.1. The second kappa shape index (κ2) is 20.6. The molecule has 1 aromatic heterocycles. The van der Waals surface area contributed by atoms with Crippen LogP contribution in [0.1, 0.15) is 25.0 Å². The molecule has 12 aromatic carbocycles. The molecule has 90 heavy (non-hydrogen) atoms. The number of hydrogen-bond donors (Lipinski definition) is 0. The summed E-state index contributed by atoms with van der Waals surface area (Å²) in [5.41, 5.74) is 27.8. The maximum atomic E-state index is 2.67. The molecule has 0 saturated carbocycles. The second-order valence-electron chi connectivity index (χ2n) is 24.4. The molecule has 0 spiro atoms. The van der Waals surface area contributed by atoms with Gasteiger partial charge in [-0.3, -0.25) is 0 Å². The summed E-state index contributed by atoms with van der Waals surface area (Å²) in [7, 11) is 0. The van der Waals surface area contributed by atoms with Crippen LogP contribution in [0.25, 0.3) is 5.70 Å². The molecule has 4 aliphatic heterocycles. The van der Waals surface area contributed by atoms with Gasteiger partial charge in [0.25, 0.3) is 13.4 Å². The van der Waals surface area contributed by atoms with Crippen molar-refractivity contribution in [3.05, 3.63) is 332 Å². The minimum atomic E-state index is -0.385. The molecular formula is C81H58B2N6S. The van der Waals surface area contributed by atoms with Crippen molar-refractivity contribution in [1.82, 2.24) is 0 Å². The van der Waals surface area contributed by atoms with Gasteiger partial charge in [0.1, 0.15) is 0 Å². The molecule has 0 radical (unpaired) electrons. The van der Waals surface area contributed by atoms with Crippen LogP contribution in [0.5, 0.6) is 0 Å². The van der Waals surface area contributed by atoms with Gasteiger partial charge < -0.3 is 29.4 Å². The van der Waals surface area contributed by atoms with Crippen molar-refractivity contribution in [1.29, 1.82) is 0 Å². The zero-order valence-corrected chi connectivity index (χ0v) is 50.6. The van der Waals surface area contributed by atoms with Gasteiger partial charge in [-0.1, -0.05) is 207 Å². The summed E-state index contributed by atoms with van der Waals surface area (Å²) in [5, 5.41) is 0. The van der Waals surface area contributed by atoms with Crippen LogP contribution in [-0.4, -0.2) is 13.4 Å². The van der Waals surface area contributed by atoms with Gasteiger partial charge in [-0.2, -0.15) is 11.3 Å². The standard InChI is InChI=1S/C81H58B2N6S/c1-81(2)66-48-28-27-47-65(66)75-78(81)83-74-71(87(75)60-41-21-8-22-42-60)53-64(85(57-35-15-5-16-36-57)58-37-17-6-18-38-58)54-72(74)89(62-45-25-10-26-46-62)77-76-79(90-80(77)83)82-67-49-29-30-50-68(67)86(59-39-19-7-20-40-59)69-51-63(52-70(73(69)82)88(76)61-43-23-9-24-44-61)84(55-31-11-3-12-32-55)56-33-13-4-14-34-56/h3-54H,1-2H3. The van der Waals surface area contributed by atoms with Crippen molar-refractivity contribution in [2.45, 2.75) is 19.3 Å². The maximum absolute atomic E-state index is 2.67. The molecule has 0 amide bonds. The highest BCUT2D eigenvalue weighted by molar-refractivity contribution is 7.38. The number of fused-ring (bicyclic) bond motifs is 10. The van der Waals surface area contributed by atoms with Gasteiger partial charge in [-0.05, 0) is 149 Å². The molecular weight excluding hydrogens is 1110 g/mol. The molecule has 424 valence electrons. The number of benzene rings is 12. The van der Waals surface area contributed by atoms with E-state index in [1.807, 2.05) is 11.3 Å². The Balaban J connectivity index is 1.01. The van der Waals surface area contributed by atoms with Crippen LogP contribution in [0.15, 0.2) is 321 Å². The Bertz CT molecular complexity index is 4880. The summed E-state index contributed by atoms with van der Waals surface area (Å²) in [6.07, 6.45) is 0. The van der Waals surface area contributed by atoms with E-state index in [0.717, 1.165) is 73.9 Å². The third-order valence-electron chi connectivity index (χ3n) is 19.1. The van der Waals surface area contributed by atoms with E-state index < -0.39 is 0 Å². The van der Waals surface area contributed by atoms with E-state index in [0.29, 0.717) is 0 Å². The second-order valence-corrected chi connectivity index (χ2v) is 25.5. The number of para-hydroxylation sites is 9. The van der Waals surface area contributed by atoms with E-state index in [4.69, 9.17) is 0 Å². The van der Waals surface area contributed by atoms with Crippen molar-refractivity contribution in [3.63, 3.8) is 0 Å². The Morgan fingerprint density at radius 2 is 0.644 bits per heavy atom. The van der Waals surface area contributed by atoms with E-state index >= 15 is 0 Å². The molecule has 13 aromatic rings. The lowest BCUT2D eigenvalue weighted by atomic mass is 9.32. The van der Waals surface area contributed by atoms with Crippen LogP contribution >= 0.6 is 11.3 Å². The fourth-order valence-corrected chi connectivity index (χ4v) is 17.0. The minimum absolute atomic E-state index is 0.151. The van der Waals surface area contributed by atoms with Gasteiger partial charge in [0.2, 0.25) is 0 Å². The first-order valence-corrected chi connectivity index (χ1v) is 32.0. The molecule has 0 fully saturated rings. The summed E-state index contributed by atoms with van der Waals surface area (Å²) >= 11 is 2.03. The van der Waals surface area contributed by atoms with Crippen molar-refractivity contribution < 1.29 is 0 Å². The predicted molar refractivity (Wildman–Crippen MR) is 382 cm³/mol. The van der Waals surface area contributed by atoms with Gasteiger partial charge in [0, 0.05) is 100 Å². The van der Waals surface area contributed by atoms with Crippen molar-refractivity contribution >= 4 is 153 Å². The number of nitrogens with zero attached hydrogens (tertiary/aromatic N) is 6. The van der Waals surface area contributed by atoms with Gasteiger partial charge in [0.15, 0.2) is 0 Å². The van der Waals surface area contributed by atoms with Crippen molar-refractivity contribution in [2.75, 3.05) is 29.4 Å². The SMILES string of the molecule is CC1(C)C2=C(c3ccccc31)N(c1ccccc1)c1cc(N(c3ccccc3)c3ccccc3)cc3c1B2c1sc2c(c1N3c1ccccc1)N(c1ccccc1)c1cc(N(c3ccccc3)c3ccccc3)cc3c1B2c1ccccc1N3c1ccccc1. The van der Waals surface area contributed by atoms with Crippen molar-refractivity contribution in [2.24, 2.45) is 0 Å². The topological polar surface area (TPSA) is 19.4 Å². The average molecular weight is 1170 g/mol. The van der Waals surface area contributed by atoms with Gasteiger partial charge in [-0.15, -0.1) is 0 Å². The fourth-order valence-electron chi connectivity index (χ4n) is 15.5. The molecule has 18 rings (SSSR count). The predicted octanol–water partition coefficient (Wildman–Crippen LogP) is 18.6. The minimum Gasteiger partial charge on any atom is -0.311 e.